The van der Waals surface area contributed by atoms with Gasteiger partial charge in [0.15, 0.2) is 16.8 Å². The lowest BCUT2D eigenvalue weighted by molar-refractivity contribution is 0.214. The maximum absolute atomic E-state index is 13.5. The topological polar surface area (TPSA) is 72.9 Å². The Hall–Kier alpha value is -2.26. The summed E-state index contributed by atoms with van der Waals surface area (Å²) in [5.41, 5.74) is 0.844. The van der Waals surface area contributed by atoms with E-state index in [2.05, 4.69) is 25.2 Å². The van der Waals surface area contributed by atoms with E-state index in [1.165, 1.54) is 43.2 Å². The molecule has 1 aromatic carbocycles. The quantitative estimate of drug-likeness (QED) is 0.501. The zero-order chi connectivity index (χ0) is 21.1. The van der Waals surface area contributed by atoms with Crippen LogP contribution in [0.4, 0.5) is 4.39 Å². The number of piperidine rings is 1. The van der Waals surface area contributed by atoms with Gasteiger partial charge in [-0.15, -0.1) is 10.2 Å². The fraction of sp³-hybridized carbons (Fsp3) is 0.524. The van der Waals surface area contributed by atoms with Gasteiger partial charge in [0.2, 0.25) is 5.89 Å². The van der Waals surface area contributed by atoms with Crippen LogP contribution >= 0.6 is 11.8 Å². The van der Waals surface area contributed by atoms with Gasteiger partial charge in [-0.3, -0.25) is 9.47 Å². The molecule has 30 heavy (non-hydrogen) atoms. The molecule has 0 aliphatic carbocycles. The fourth-order valence-electron chi connectivity index (χ4n) is 3.50. The van der Waals surface area contributed by atoms with Gasteiger partial charge in [0.05, 0.1) is 11.8 Å². The van der Waals surface area contributed by atoms with Crippen molar-refractivity contribution in [3.8, 4) is 5.69 Å². The molecule has 0 spiro atoms. The Morgan fingerprint density at radius 1 is 1.07 bits per heavy atom. The summed E-state index contributed by atoms with van der Waals surface area (Å²) in [6, 6.07) is 6.45. The molecule has 3 heterocycles. The van der Waals surface area contributed by atoms with E-state index in [0.29, 0.717) is 11.7 Å². The second kappa shape index (κ2) is 9.26. The van der Waals surface area contributed by atoms with Crippen molar-refractivity contribution in [1.82, 2.24) is 29.8 Å². The lowest BCUT2D eigenvalue weighted by atomic mass is 10.1. The van der Waals surface area contributed by atoms with E-state index in [0.717, 1.165) is 36.3 Å². The van der Waals surface area contributed by atoms with Gasteiger partial charge >= 0.3 is 0 Å². The first-order valence-electron chi connectivity index (χ1n) is 10.4. The van der Waals surface area contributed by atoms with Crippen molar-refractivity contribution in [2.75, 3.05) is 13.1 Å². The zero-order valence-corrected chi connectivity index (χ0v) is 18.4. The van der Waals surface area contributed by atoms with Crippen LogP contribution < -0.4 is 0 Å². The first-order valence-corrected chi connectivity index (χ1v) is 11.3. The van der Waals surface area contributed by atoms with Gasteiger partial charge in [0, 0.05) is 11.6 Å². The molecule has 1 aliphatic rings. The molecule has 0 saturated carbocycles. The van der Waals surface area contributed by atoms with Crippen molar-refractivity contribution in [3.05, 3.63) is 47.6 Å². The summed E-state index contributed by atoms with van der Waals surface area (Å²) < 4.78 is 21.0. The highest BCUT2D eigenvalue weighted by atomic mass is 32.2. The number of hydrogen-bond donors (Lipinski definition) is 0. The molecule has 1 atom stereocenters. The smallest absolute Gasteiger partial charge is 0.239 e. The summed E-state index contributed by atoms with van der Waals surface area (Å²) in [7, 11) is 0. The van der Waals surface area contributed by atoms with Crippen molar-refractivity contribution in [2.45, 2.75) is 62.9 Å². The lowest BCUT2D eigenvalue weighted by Gasteiger charge is -2.26. The highest BCUT2D eigenvalue weighted by molar-refractivity contribution is 7.99. The molecule has 1 fully saturated rings. The van der Waals surface area contributed by atoms with Crippen molar-refractivity contribution in [2.24, 2.45) is 0 Å². The first kappa shape index (κ1) is 21.0. The zero-order valence-electron chi connectivity index (χ0n) is 17.6. The normalized spacial score (nSPS) is 16.3. The minimum absolute atomic E-state index is 0.0868. The van der Waals surface area contributed by atoms with Crippen LogP contribution in [0, 0.1) is 5.82 Å². The van der Waals surface area contributed by atoms with Gasteiger partial charge in [-0.1, -0.05) is 37.2 Å². The second-order valence-electron chi connectivity index (χ2n) is 7.95. The highest BCUT2D eigenvalue weighted by Crippen LogP contribution is 2.35. The van der Waals surface area contributed by atoms with Gasteiger partial charge in [-0.2, -0.15) is 4.98 Å². The molecule has 3 aromatic rings. The number of nitrogens with zero attached hydrogens (tertiary/aromatic N) is 6. The number of aromatic nitrogens is 5. The van der Waals surface area contributed by atoms with E-state index in [4.69, 9.17) is 4.52 Å². The van der Waals surface area contributed by atoms with E-state index < -0.39 is 0 Å². The van der Waals surface area contributed by atoms with E-state index in [-0.39, 0.29) is 17.0 Å². The molecule has 1 unspecified atom stereocenters. The molecule has 4 rings (SSSR count). The molecule has 2 aromatic heterocycles. The van der Waals surface area contributed by atoms with E-state index >= 15 is 0 Å². The molecule has 9 heteroatoms. The Labute approximate surface area is 180 Å². The van der Waals surface area contributed by atoms with E-state index in [9.17, 15) is 4.39 Å². The fourth-order valence-corrected chi connectivity index (χ4v) is 4.42. The van der Waals surface area contributed by atoms with Crippen LogP contribution in [0.3, 0.4) is 0 Å². The monoisotopic (exact) mass is 430 g/mol. The van der Waals surface area contributed by atoms with Crippen LogP contribution in [-0.4, -0.2) is 42.9 Å². The molecule has 1 saturated heterocycles. The van der Waals surface area contributed by atoms with Gasteiger partial charge in [-0.05, 0) is 57.1 Å². The van der Waals surface area contributed by atoms with Crippen LogP contribution in [-0.2, 0) is 6.54 Å². The molecular formula is C21H27FN6OS. The largest absolute Gasteiger partial charge is 0.338 e. The van der Waals surface area contributed by atoms with Crippen LogP contribution in [0.25, 0.3) is 5.69 Å². The third kappa shape index (κ3) is 4.73. The van der Waals surface area contributed by atoms with E-state index in [1.807, 2.05) is 25.3 Å². The molecule has 0 N–H and O–H groups in total. The van der Waals surface area contributed by atoms with Crippen molar-refractivity contribution < 1.29 is 8.91 Å². The van der Waals surface area contributed by atoms with Crippen LogP contribution in [0.5, 0.6) is 0 Å². The Morgan fingerprint density at radius 3 is 2.47 bits per heavy atom. The number of hydrogen-bond acceptors (Lipinski definition) is 7. The van der Waals surface area contributed by atoms with E-state index in [1.54, 1.807) is 12.1 Å². The maximum atomic E-state index is 13.5. The third-order valence-electron chi connectivity index (χ3n) is 5.20. The van der Waals surface area contributed by atoms with Gasteiger partial charge in [0.25, 0.3) is 0 Å². The van der Waals surface area contributed by atoms with Crippen LogP contribution in [0.2, 0.25) is 0 Å². The minimum atomic E-state index is -0.265. The van der Waals surface area contributed by atoms with Crippen molar-refractivity contribution in [1.29, 1.82) is 0 Å². The molecule has 160 valence electrons. The summed E-state index contributed by atoms with van der Waals surface area (Å²) in [4.78, 5) is 6.91. The van der Waals surface area contributed by atoms with Crippen LogP contribution in [0.15, 0.2) is 33.9 Å². The van der Waals surface area contributed by atoms with Gasteiger partial charge in [0.1, 0.15) is 5.82 Å². The molecular weight excluding hydrogens is 403 g/mol. The summed E-state index contributed by atoms with van der Waals surface area (Å²) >= 11 is 1.51. The number of halogens is 1. The number of likely N-dealkylation sites (tertiary alicyclic amines) is 1. The highest BCUT2D eigenvalue weighted by Gasteiger charge is 2.23. The van der Waals surface area contributed by atoms with Crippen molar-refractivity contribution in [3.63, 3.8) is 0 Å². The molecule has 7 nitrogen and oxygen atoms in total. The third-order valence-corrected chi connectivity index (χ3v) is 6.23. The SMILES string of the molecule is CC(C)c1noc(C(C)Sc2nnc(CN3CCCCC3)n2-c2ccc(F)cc2)n1. The minimum Gasteiger partial charge on any atom is -0.338 e. The maximum Gasteiger partial charge on any atom is 0.239 e. The molecule has 1 aliphatic heterocycles. The van der Waals surface area contributed by atoms with Gasteiger partial charge < -0.3 is 4.52 Å². The number of thioether (sulfide) groups is 1. The standard InChI is InChI=1S/C21H27FN6OS/c1-14(2)19-23-20(29-26-19)15(3)30-21-25-24-18(13-27-11-5-4-6-12-27)28(21)17-9-7-16(22)8-10-17/h7-10,14-15H,4-6,11-13H2,1-3H3. The van der Waals surface area contributed by atoms with Crippen molar-refractivity contribution >= 4 is 11.8 Å². The molecule has 0 amide bonds. The summed E-state index contributed by atoms with van der Waals surface area (Å²) in [5.74, 6) is 2.06. The predicted octanol–water partition coefficient (Wildman–Crippen LogP) is 4.75. The summed E-state index contributed by atoms with van der Waals surface area (Å²) in [5, 5.41) is 13.6. The Balaban J connectivity index is 1.61. The molecule has 0 radical (unpaired) electrons. The number of benzene rings is 1. The molecule has 0 bridgehead atoms. The van der Waals surface area contributed by atoms with Crippen LogP contribution in [0.1, 0.15) is 68.7 Å². The second-order valence-corrected chi connectivity index (χ2v) is 9.26. The Morgan fingerprint density at radius 2 is 1.80 bits per heavy atom. The Bertz CT molecular complexity index is 964. The number of rotatable bonds is 7. The Kier molecular flexibility index (Phi) is 6.48. The summed E-state index contributed by atoms with van der Waals surface area (Å²) in [6.07, 6.45) is 3.69. The first-order chi connectivity index (χ1) is 14.5. The predicted molar refractivity (Wildman–Crippen MR) is 113 cm³/mol. The average molecular weight is 431 g/mol. The lowest BCUT2D eigenvalue weighted by Crippen LogP contribution is -2.30. The summed E-state index contributed by atoms with van der Waals surface area (Å²) in [6.45, 7) is 8.92. The average Bonchev–Trinajstić information content (AvgIpc) is 3.38. The van der Waals surface area contributed by atoms with Gasteiger partial charge in [-0.25, -0.2) is 4.39 Å².